The Morgan fingerprint density at radius 3 is 2.85 bits per heavy atom. The van der Waals surface area contributed by atoms with E-state index in [2.05, 4.69) is 15.2 Å². The number of nitrogens with zero attached hydrogens (tertiary/aromatic N) is 2. The summed E-state index contributed by atoms with van der Waals surface area (Å²) in [4.78, 5) is 19.6. The second-order valence-electron chi connectivity index (χ2n) is 6.74. The minimum Gasteiger partial charge on any atom is -0.490 e. The first-order chi connectivity index (χ1) is 12.5. The van der Waals surface area contributed by atoms with Crippen molar-refractivity contribution < 1.29 is 9.53 Å². The quantitative estimate of drug-likeness (QED) is 0.764. The van der Waals surface area contributed by atoms with Gasteiger partial charge in [0.25, 0.3) is 5.91 Å². The van der Waals surface area contributed by atoms with Crippen molar-refractivity contribution in [1.29, 1.82) is 0 Å². The summed E-state index contributed by atoms with van der Waals surface area (Å²) < 4.78 is 5.72. The molecule has 1 aliphatic heterocycles. The van der Waals surface area contributed by atoms with Crippen molar-refractivity contribution in [3.8, 4) is 5.75 Å². The highest BCUT2D eigenvalue weighted by atomic mass is 35.5. The largest absolute Gasteiger partial charge is 0.490 e. The predicted molar refractivity (Wildman–Crippen MR) is 106 cm³/mol. The van der Waals surface area contributed by atoms with Crippen molar-refractivity contribution in [3.63, 3.8) is 0 Å². The fourth-order valence-electron chi connectivity index (χ4n) is 2.98. The monoisotopic (exact) mass is 393 g/mol. The number of thiazole rings is 1. The number of nitrogens with one attached hydrogen (secondary N) is 1. The number of carbonyl (C=O) groups is 1. The molecule has 0 aliphatic carbocycles. The van der Waals surface area contributed by atoms with E-state index in [1.165, 1.54) is 30.6 Å². The maximum atomic E-state index is 12.7. The molecule has 140 valence electrons. The molecule has 1 aliphatic rings. The van der Waals surface area contributed by atoms with E-state index in [-0.39, 0.29) is 12.0 Å². The summed E-state index contributed by atoms with van der Waals surface area (Å²) in [6.45, 7) is 6.93. The molecule has 1 fully saturated rings. The third-order valence-corrected chi connectivity index (χ3v) is 5.20. The lowest BCUT2D eigenvalue weighted by Gasteiger charge is -2.25. The number of rotatable bonds is 6. The van der Waals surface area contributed by atoms with Crippen molar-refractivity contribution in [2.45, 2.75) is 45.8 Å². The smallest absolute Gasteiger partial charge is 0.261 e. The van der Waals surface area contributed by atoms with Gasteiger partial charge in [-0.1, -0.05) is 18.0 Å². The molecule has 5 nitrogen and oxygen atoms in total. The van der Waals surface area contributed by atoms with Gasteiger partial charge < -0.3 is 4.74 Å². The van der Waals surface area contributed by atoms with Gasteiger partial charge in [-0.15, -0.1) is 11.3 Å². The zero-order valence-corrected chi connectivity index (χ0v) is 16.7. The Hall–Kier alpha value is -1.63. The summed E-state index contributed by atoms with van der Waals surface area (Å²) in [6.07, 6.45) is 3.79. The van der Waals surface area contributed by atoms with Crippen LogP contribution in [0.25, 0.3) is 0 Å². The van der Waals surface area contributed by atoms with Crippen LogP contribution in [0.3, 0.4) is 0 Å². The van der Waals surface area contributed by atoms with Crippen molar-refractivity contribution in [1.82, 2.24) is 9.88 Å². The van der Waals surface area contributed by atoms with Crippen LogP contribution in [0.5, 0.6) is 5.75 Å². The molecule has 1 aromatic carbocycles. The third kappa shape index (κ3) is 5.19. The van der Waals surface area contributed by atoms with Crippen LogP contribution in [0.2, 0.25) is 5.02 Å². The zero-order valence-electron chi connectivity index (χ0n) is 15.1. The zero-order chi connectivity index (χ0) is 18.5. The van der Waals surface area contributed by atoms with E-state index in [9.17, 15) is 4.79 Å². The lowest BCUT2D eigenvalue weighted by molar-refractivity contribution is 0.102. The highest BCUT2D eigenvalue weighted by molar-refractivity contribution is 7.14. The van der Waals surface area contributed by atoms with Gasteiger partial charge in [-0.05, 0) is 58.0 Å². The topological polar surface area (TPSA) is 54.5 Å². The number of piperidine rings is 1. The van der Waals surface area contributed by atoms with Gasteiger partial charge in [-0.2, -0.15) is 0 Å². The van der Waals surface area contributed by atoms with Crippen LogP contribution >= 0.6 is 22.9 Å². The highest BCUT2D eigenvalue weighted by Crippen LogP contribution is 2.26. The van der Waals surface area contributed by atoms with Gasteiger partial charge in [-0.3, -0.25) is 15.0 Å². The summed E-state index contributed by atoms with van der Waals surface area (Å²) in [5.41, 5.74) is 1.41. The number of benzene rings is 1. The summed E-state index contributed by atoms with van der Waals surface area (Å²) in [6, 6.07) is 5.06. The van der Waals surface area contributed by atoms with E-state index < -0.39 is 0 Å². The van der Waals surface area contributed by atoms with E-state index >= 15 is 0 Å². The molecule has 1 N–H and O–H groups in total. The Bertz CT molecular complexity index is 757. The van der Waals surface area contributed by atoms with Crippen LogP contribution in [0.4, 0.5) is 5.13 Å². The number of hydrogen-bond acceptors (Lipinski definition) is 5. The van der Waals surface area contributed by atoms with E-state index in [1.54, 1.807) is 18.2 Å². The standard InChI is InChI=1S/C19H24ClN3O2S/c1-13(2)25-17-7-6-14(20)10-16(17)18(24)22-19-21-15(12-26-19)11-23-8-4-3-5-9-23/h6-7,10,12-13H,3-5,8-9,11H2,1-2H3,(H,21,22,24). The number of aromatic nitrogens is 1. The number of likely N-dealkylation sites (tertiary alicyclic amines) is 1. The maximum absolute atomic E-state index is 12.7. The summed E-state index contributed by atoms with van der Waals surface area (Å²) in [7, 11) is 0. The van der Waals surface area contributed by atoms with Crippen molar-refractivity contribution in [3.05, 3.63) is 39.9 Å². The molecule has 7 heteroatoms. The molecule has 1 saturated heterocycles. The van der Waals surface area contributed by atoms with Crippen LogP contribution in [0, 0.1) is 0 Å². The molecule has 0 bridgehead atoms. The van der Waals surface area contributed by atoms with E-state index in [0.717, 1.165) is 25.3 Å². The Morgan fingerprint density at radius 1 is 1.35 bits per heavy atom. The molecule has 0 spiro atoms. The molecule has 2 heterocycles. The number of anilines is 1. The van der Waals surface area contributed by atoms with E-state index in [4.69, 9.17) is 16.3 Å². The van der Waals surface area contributed by atoms with Crippen LogP contribution in [0.1, 0.15) is 49.2 Å². The molecule has 1 amide bonds. The molecule has 1 aromatic heterocycles. The molecule has 0 radical (unpaired) electrons. The number of carbonyl (C=O) groups excluding carboxylic acids is 1. The van der Waals surface area contributed by atoms with Crippen LogP contribution in [-0.2, 0) is 6.54 Å². The first-order valence-corrected chi connectivity index (χ1v) is 10.2. The molecule has 0 unspecified atom stereocenters. The van der Waals surface area contributed by atoms with Crippen LogP contribution in [0.15, 0.2) is 23.6 Å². The van der Waals surface area contributed by atoms with Gasteiger partial charge in [0.05, 0.1) is 17.4 Å². The van der Waals surface area contributed by atoms with E-state index in [1.807, 2.05) is 19.2 Å². The molecule has 0 atom stereocenters. The number of ether oxygens (including phenoxy) is 1. The molecule has 2 aromatic rings. The molecular formula is C19H24ClN3O2S. The fraction of sp³-hybridized carbons (Fsp3) is 0.474. The van der Waals surface area contributed by atoms with Crippen molar-refractivity contribution in [2.24, 2.45) is 0 Å². The summed E-state index contributed by atoms with van der Waals surface area (Å²) in [5, 5.41) is 5.97. The first kappa shape index (κ1) is 19.1. The van der Waals surface area contributed by atoms with Gasteiger partial charge in [0.2, 0.25) is 0 Å². The Kier molecular flexibility index (Phi) is 6.51. The average Bonchev–Trinajstić information content (AvgIpc) is 3.03. The minimum atomic E-state index is -0.262. The SMILES string of the molecule is CC(C)Oc1ccc(Cl)cc1C(=O)Nc1nc(CN2CCCCC2)cs1. The Balaban J connectivity index is 1.67. The lowest BCUT2D eigenvalue weighted by atomic mass is 10.1. The lowest BCUT2D eigenvalue weighted by Crippen LogP contribution is -2.29. The Morgan fingerprint density at radius 2 is 2.12 bits per heavy atom. The summed E-state index contributed by atoms with van der Waals surface area (Å²) >= 11 is 7.50. The fourth-order valence-corrected chi connectivity index (χ4v) is 3.85. The number of hydrogen-bond donors (Lipinski definition) is 1. The van der Waals surface area contributed by atoms with Gasteiger partial charge in [0.1, 0.15) is 5.75 Å². The second kappa shape index (κ2) is 8.84. The predicted octanol–water partition coefficient (Wildman–Crippen LogP) is 4.82. The molecule has 26 heavy (non-hydrogen) atoms. The van der Waals surface area contributed by atoms with Crippen molar-refractivity contribution >= 4 is 34.0 Å². The van der Waals surface area contributed by atoms with Crippen molar-refractivity contribution in [2.75, 3.05) is 18.4 Å². The normalized spacial score (nSPS) is 15.2. The number of amides is 1. The summed E-state index contributed by atoms with van der Waals surface area (Å²) in [5.74, 6) is 0.258. The second-order valence-corrected chi connectivity index (χ2v) is 8.04. The Labute approximate surface area is 163 Å². The maximum Gasteiger partial charge on any atom is 0.261 e. The first-order valence-electron chi connectivity index (χ1n) is 8.95. The number of halogens is 1. The average molecular weight is 394 g/mol. The van der Waals surface area contributed by atoms with Gasteiger partial charge >= 0.3 is 0 Å². The van der Waals surface area contributed by atoms with Crippen LogP contribution in [-0.4, -0.2) is 35.0 Å². The highest BCUT2D eigenvalue weighted by Gasteiger charge is 2.17. The van der Waals surface area contributed by atoms with Crippen LogP contribution < -0.4 is 10.1 Å². The molecule has 3 rings (SSSR count). The molecule has 0 saturated carbocycles. The van der Waals surface area contributed by atoms with Gasteiger partial charge in [0.15, 0.2) is 5.13 Å². The third-order valence-electron chi connectivity index (χ3n) is 4.16. The minimum absolute atomic E-state index is 0.0290. The van der Waals surface area contributed by atoms with E-state index in [0.29, 0.717) is 21.5 Å². The van der Waals surface area contributed by atoms with Gasteiger partial charge in [0, 0.05) is 16.9 Å². The molecular weight excluding hydrogens is 370 g/mol. The van der Waals surface area contributed by atoms with Gasteiger partial charge in [-0.25, -0.2) is 4.98 Å².